The average molecular weight is 253 g/mol. The Hall–Kier alpha value is -1.40. The van der Waals surface area contributed by atoms with Gasteiger partial charge in [-0.25, -0.2) is 15.8 Å². The molecule has 0 spiro atoms. The SMILES string of the molecule is CCOCC(C)Nc1cc(NN)nc(C(C)C)n1. The molecule has 6 heteroatoms. The van der Waals surface area contributed by atoms with Crippen LogP contribution in [0.3, 0.4) is 0 Å². The summed E-state index contributed by atoms with van der Waals surface area (Å²) in [6.45, 7) is 9.46. The van der Waals surface area contributed by atoms with Crippen molar-refractivity contribution in [3.63, 3.8) is 0 Å². The molecule has 1 unspecified atom stereocenters. The van der Waals surface area contributed by atoms with E-state index < -0.39 is 0 Å². The molecule has 1 aromatic rings. The summed E-state index contributed by atoms with van der Waals surface area (Å²) in [5, 5.41) is 3.28. The highest BCUT2D eigenvalue weighted by molar-refractivity contribution is 5.47. The van der Waals surface area contributed by atoms with Crippen molar-refractivity contribution in [3.8, 4) is 0 Å². The molecule has 0 saturated carbocycles. The zero-order valence-electron chi connectivity index (χ0n) is 11.5. The molecule has 0 aliphatic heterocycles. The first-order chi connectivity index (χ1) is 8.56. The number of hydrogen-bond acceptors (Lipinski definition) is 6. The molecule has 0 fully saturated rings. The Kier molecular flexibility index (Phi) is 5.80. The molecular formula is C12H23N5O. The topological polar surface area (TPSA) is 85.1 Å². The van der Waals surface area contributed by atoms with Gasteiger partial charge in [0.2, 0.25) is 0 Å². The lowest BCUT2D eigenvalue weighted by Gasteiger charge is -2.16. The molecule has 1 aromatic heterocycles. The maximum absolute atomic E-state index is 5.41. The van der Waals surface area contributed by atoms with Crippen molar-refractivity contribution in [2.45, 2.75) is 39.7 Å². The Balaban J connectivity index is 2.77. The molecule has 102 valence electrons. The van der Waals surface area contributed by atoms with E-state index in [1.165, 1.54) is 0 Å². The second-order valence-electron chi connectivity index (χ2n) is 4.50. The lowest BCUT2D eigenvalue weighted by Crippen LogP contribution is -2.23. The van der Waals surface area contributed by atoms with Crippen LogP contribution in [0, 0.1) is 0 Å². The fourth-order valence-corrected chi connectivity index (χ4v) is 1.46. The Morgan fingerprint density at radius 3 is 2.50 bits per heavy atom. The first-order valence-electron chi connectivity index (χ1n) is 6.26. The highest BCUT2D eigenvalue weighted by Crippen LogP contribution is 2.16. The Morgan fingerprint density at radius 2 is 1.94 bits per heavy atom. The first kappa shape index (κ1) is 14.7. The summed E-state index contributed by atoms with van der Waals surface area (Å²) in [4.78, 5) is 8.76. The van der Waals surface area contributed by atoms with Gasteiger partial charge in [-0.1, -0.05) is 13.8 Å². The third-order valence-electron chi connectivity index (χ3n) is 2.37. The van der Waals surface area contributed by atoms with Crippen LogP contribution < -0.4 is 16.6 Å². The molecule has 0 amide bonds. The van der Waals surface area contributed by atoms with E-state index in [2.05, 4.69) is 20.7 Å². The molecule has 1 atom stereocenters. The van der Waals surface area contributed by atoms with Crippen LogP contribution in [-0.2, 0) is 4.74 Å². The average Bonchev–Trinajstić information content (AvgIpc) is 2.35. The van der Waals surface area contributed by atoms with Crippen molar-refractivity contribution in [2.24, 2.45) is 5.84 Å². The van der Waals surface area contributed by atoms with Gasteiger partial charge in [0.25, 0.3) is 0 Å². The number of hydrogen-bond donors (Lipinski definition) is 3. The number of ether oxygens (including phenoxy) is 1. The molecule has 0 saturated heterocycles. The van der Waals surface area contributed by atoms with Gasteiger partial charge in [-0.15, -0.1) is 0 Å². The number of aromatic nitrogens is 2. The van der Waals surface area contributed by atoms with Crippen LogP contribution in [-0.4, -0.2) is 29.2 Å². The van der Waals surface area contributed by atoms with Gasteiger partial charge < -0.3 is 15.5 Å². The Morgan fingerprint density at radius 1 is 1.28 bits per heavy atom. The van der Waals surface area contributed by atoms with Crippen molar-refractivity contribution in [1.82, 2.24) is 9.97 Å². The molecule has 4 N–H and O–H groups in total. The Labute approximate surface area is 108 Å². The second-order valence-corrected chi connectivity index (χ2v) is 4.50. The van der Waals surface area contributed by atoms with E-state index in [0.29, 0.717) is 19.0 Å². The third-order valence-corrected chi connectivity index (χ3v) is 2.37. The van der Waals surface area contributed by atoms with Crippen LogP contribution in [0.5, 0.6) is 0 Å². The number of nitrogens with zero attached hydrogens (tertiary/aromatic N) is 2. The van der Waals surface area contributed by atoms with Crippen LogP contribution in [0.1, 0.15) is 39.4 Å². The van der Waals surface area contributed by atoms with E-state index in [-0.39, 0.29) is 12.0 Å². The predicted molar refractivity (Wildman–Crippen MR) is 73.5 cm³/mol. The van der Waals surface area contributed by atoms with Gasteiger partial charge >= 0.3 is 0 Å². The van der Waals surface area contributed by atoms with E-state index in [1.54, 1.807) is 6.07 Å². The van der Waals surface area contributed by atoms with Crippen molar-refractivity contribution in [3.05, 3.63) is 11.9 Å². The monoisotopic (exact) mass is 253 g/mol. The molecule has 0 aromatic carbocycles. The smallest absolute Gasteiger partial charge is 0.145 e. The second kappa shape index (κ2) is 7.13. The van der Waals surface area contributed by atoms with Gasteiger partial charge in [0.1, 0.15) is 17.5 Å². The van der Waals surface area contributed by atoms with Gasteiger partial charge in [0.05, 0.1) is 6.61 Å². The van der Waals surface area contributed by atoms with Crippen LogP contribution in [0.15, 0.2) is 6.07 Å². The van der Waals surface area contributed by atoms with Crippen LogP contribution in [0.2, 0.25) is 0 Å². The summed E-state index contributed by atoms with van der Waals surface area (Å²) in [5.74, 6) is 7.79. The van der Waals surface area contributed by atoms with Gasteiger partial charge in [-0.3, -0.25) is 0 Å². The molecular weight excluding hydrogens is 230 g/mol. The van der Waals surface area contributed by atoms with Gasteiger partial charge in [-0.05, 0) is 13.8 Å². The van der Waals surface area contributed by atoms with E-state index >= 15 is 0 Å². The molecule has 1 rings (SSSR count). The quantitative estimate of drug-likeness (QED) is 0.507. The van der Waals surface area contributed by atoms with Gasteiger partial charge in [-0.2, -0.15) is 0 Å². The number of anilines is 2. The maximum atomic E-state index is 5.41. The molecule has 6 nitrogen and oxygen atoms in total. The lowest BCUT2D eigenvalue weighted by molar-refractivity contribution is 0.141. The van der Waals surface area contributed by atoms with E-state index in [0.717, 1.165) is 11.6 Å². The highest BCUT2D eigenvalue weighted by Gasteiger charge is 2.09. The summed E-state index contributed by atoms with van der Waals surface area (Å²) in [7, 11) is 0. The lowest BCUT2D eigenvalue weighted by atomic mass is 10.2. The van der Waals surface area contributed by atoms with E-state index in [9.17, 15) is 0 Å². The predicted octanol–water partition coefficient (Wildman–Crippen LogP) is 1.72. The van der Waals surface area contributed by atoms with Gasteiger partial charge in [0.15, 0.2) is 0 Å². The number of hydrazine groups is 1. The maximum Gasteiger partial charge on any atom is 0.145 e. The minimum Gasteiger partial charge on any atom is -0.380 e. The zero-order chi connectivity index (χ0) is 13.5. The summed E-state index contributed by atoms with van der Waals surface area (Å²) in [6, 6.07) is 1.97. The fraction of sp³-hybridized carbons (Fsp3) is 0.667. The van der Waals surface area contributed by atoms with E-state index in [1.807, 2.05) is 27.7 Å². The normalized spacial score (nSPS) is 12.6. The van der Waals surface area contributed by atoms with Crippen molar-refractivity contribution in [2.75, 3.05) is 24.0 Å². The minimum absolute atomic E-state index is 0.186. The fourth-order valence-electron chi connectivity index (χ4n) is 1.46. The number of nitrogen functional groups attached to an aromatic ring is 1. The summed E-state index contributed by atoms with van der Waals surface area (Å²) in [6.07, 6.45) is 0. The van der Waals surface area contributed by atoms with Crippen LogP contribution in [0.4, 0.5) is 11.6 Å². The number of nitrogens with one attached hydrogen (secondary N) is 2. The van der Waals surface area contributed by atoms with E-state index in [4.69, 9.17) is 10.6 Å². The summed E-state index contributed by atoms with van der Waals surface area (Å²) >= 11 is 0. The van der Waals surface area contributed by atoms with Crippen molar-refractivity contribution >= 4 is 11.6 Å². The molecule has 18 heavy (non-hydrogen) atoms. The molecule has 0 aliphatic carbocycles. The third kappa shape index (κ3) is 4.46. The van der Waals surface area contributed by atoms with Gasteiger partial charge in [0, 0.05) is 24.6 Å². The molecule has 0 bridgehead atoms. The molecule has 0 aliphatic rings. The minimum atomic E-state index is 0.186. The van der Waals surface area contributed by atoms with Crippen LogP contribution in [0.25, 0.3) is 0 Å². The number of nitrogens with two attached hydrogens (primary N) is 1. The largest absolute Gasteiger partial charge is 0.380 e. The van der Waals surface area contributed by atoms with Crippen LogP contribution >= 0.6 is 0 Å². The summed E-state index contributed by atoms with van der Waals surface area (Å²) < 4.78 is 5.36. The Bertz CT molecular complexity index is 369. The molecule has 0 radical (unpaired) electrons. The first-order valence-corrected chi connectivity index (χ1v) is 6.26. The van der Waals surface area contributed by atoms with Crippen molar-refractivity contribution in [1.29, 1.82) is 0 Å². The summed E-state index contributed by atoms with van der Waals surface area (Å²) in [5.41, 5.74) is 2.56. The van der Waals surface area contributed by atoms with Crippen molar-refractivity contribution < 1.29 is 4.74 Å². The standard InChI is InChI=1S/C12H23N5O/c1-5-18-7-9(4)14-10-6-11(17-13)16-12(15-10)8(2)3/h6,8-9H,5,7,13H2,1-4H3,(H2,14,15,16,17). The highest BCUT2D eigenvalue weighted by atomic mass is 16.5. The molecule has 1 heterocycles. The number of rotatable bonds is 7. The zero-order valence-corrected chi connectivity index (χ0v) is 11.5.